The number of hydrogen-bond donors (Lipinski definition) is 0. The van der Waals surface area contributed by atoms with Crippen LogP contribution in [-0.4, -0.2) is 40.1 Å². The summed E-state index contributed by atoms with van der Waals surface area (Å²) in [5.41, 5.74) is -1.44. The van der Waals surface area contributed by atoms with Gasteiger partial charge in [-0.3, -0.25) is 4.79 Å². The van der Waals surface area contributed by atoms with Gasteiger partial charge in [0.25, 0.3) is 0 Å². The Hall–Kier alpha value is -1.85. The first-order chi connectivity index (χ1) is 11.3. The summed E-state index contributed by atoms with van der Waals surface area (Å²) >= 11 is 0. The van der Waals surface area contributed by atoms with Gasteiger partial charge in [-0.2, -0.15) is 0 Å². The van der Waals surface area contributed by atoms with Crippen molar-refractivity contribution >= 4 is 18.0 Å². The Bertz CT molecular complexity index is 499. The van der Waals surface area contributed by atoms with Crippen LogP contribution >= 0.6 is 0 Å². The van der Waals surface area contributed by atoms with Crippen LogP contribution in [-0.2, 0) is 14.3 Å². The molecule has 0 aromatic heterocycles. The zero-order valence-corrected chi connectivity index (χ0v) is 16.3. The standard InChI is InChI=1S/C19H31NO5/c1-8-9-10-14(21)11-13-12-15(13)20(16(22)24-18(2,3)4)17(23)25-19(5,6)7/h8,13,15H,1,9-12H2,2-7H3. The number of Topliss-reactive ketones (excluding diaryl/α,β-unsaturated/α-hetero) is 1. The molecule has 2 atom stereocenters. The molecule has 6 nitrogen and oxygen atoms in total. The van der Waals surface area contributed by atoms with E-state index in [0.717, 1.165) is 4.90 Å². The lowest BCUT2D eigenvalue weighted by atomic mass is 10.1. The van der Waals surface area contributed by atoms with Crippen LogP contribution in [0, 0.1) is 5.92 Å². The molecule has 2 unspecified atom stereocenters. The van der Waals surface area contributed by atoms with Crippen LogP contribution in [0.15, 0.2) is 12.7 Å². The van der Waals surface area contributed by atoms with Gasteiger partial charge in [0.1, 0.15) is 17.0 Å². The smallest absolute Gasteiger partial charge is 0.420 e. The van der Waals surface area contributed by atoms with E-state index in [1.54, 1.807) is 47.6 Å². The highest BCUT2D eigenvalue weighted by atomic mass is 16.6. The largest absolute Gasteiger partial charge is 0.443 e. The highest BCUT2D eigenvalue weighted by Gasteiger charge is 2.50. The van der Waals surface area contributed by atoms with Crippen LogP contribution in [0.2, 0.25) is 0 Å². The second-order valence-corrected chi connectivity index (χ2v) is 8.46. The first-order valence-corrected chi connectivity index (χ1v) is 8.72. The maximum absolute atomic E-state index is 12.5. The molecule has 0 saturated heterocycles. The Labute approximate surface area is 150 Å². The molecule has 142 valence electrons. The van der Waals surface area contributed by atoms with Crippen molar-refractivity contribution in [2.24, 2.45) is 5.92 Å². The van der Waals surface area contributed by atoms with Crippen molar-refractivity contribution < 1.29 is 23.9 Å². The highest BCUT2D eigenvalue weighted by Crippen LogP contribution is 2.40. The topological polar surface area (TPSA) is 72.9 Å². The number of rotatable bonds is 6. The van der Waals surface area contributed by atoms with Crippen molar-refractivity contribution in [3.05, 3.63) is 12.7 Å². The number of carbonyl (C=O) groups is 3. The SMILES string of the molecule is C=CCCC(=O)CC1CC1N(C(=O)OC(C)(C)C)C(=O)OC(C)(C)C. The maximum Gasteiger partial charge on any atom is 0.420 e. The van der Waals surface area contributed by atoms with Crippen molar-refractivity contribution in [2.75, 3.05) is 0 Å². The van der Waals surface area contributed by atoms with Gasteiger partial charge in [0.05, 0.1) is 6.04 Å². The lowest BCUT2D eigenvalue weighted by Gasteiger charge is -2.29. The minimum absolute atomic E-state index is 0.0302. The van der Waals surface area contributed by atoms with E-state index >= 15 is 0 Å². The Balaban J connectivity index is 2.79. The van der Waals surface area contributed by atoms with Gasteiger partial charge in [0.15, 0.2) is 0 Å². The van der Waals surface area contributed by atoms with Crippen LogP contribution < -0.4 is 0 Å². The van der Waals surface area contributed by atoms with Crippen LogP contribution in [0.25, 0.3) is 0 Å². The number of carbonyl (C=O) groups excluding carboxylic acids is 3. The van der Waals surface area contributed by atoms with E-state index in [9.17, 15) is 14.4 Å². The minimum Gasteiger partial charge on any atom is -0.443 e. The average Bonchev–Trinajstić information content (AvgIpc) is 3.10. The summed E-state index contributed by atoms with van der Waals surface area (Å²) in [4.78, 5) is 37.9. The van der Waals surface area contributed by atoms with Crippen LogP contribution in [0.1, 0.15) is 67.2 Å². The molecule has 1 saturated carbocycles. The van der Waals surface area contributed by atoms with Gasteiger partial charge in [-0.25, -0.2) is 14.5 Å². The zero-order valence-electron chi connectivity index (χ0n) is 16.3. The fourth-order valence-corrected chi connectivity index (χ4v) is 2.39. The third kappa shape index (κ3) is 7.71. The van der Waals surface area contributed by atoms with Gasteiger partial charge in [-0.05, 0) is 60.3 Å². The van der Waals surface area contributed by atoms with E-state index in [1.807, 2.05) is 0 Å². The monoisotopic (exact) mass is 353 g/mol. The van der Waals surface area contributed by atoms with Crippen molar-refractivity contribution in [3.63, 3.8) is 0 Å². The Morgan fingerprint density at radius 2 is 1.52 bits per heavy atom. The first-order valence-electron chi connectivity index (χ1n) is 8.72. The molecule has 6 heteroatoms. The Morgan fingerprint density at radius 1 is 1.04 bits per heavy atom. The van der Waals surface area contributed by atoms with E-state index in [2.05, 4.69) is 6.58 Å². The summed E-state index contributed by atoms with van der Waals surface area (Å²) < 4.78 is 10.7. The van der Waals surface area contributed by atoms with Crippen LogP contribution in [0.3, 0.4) is 0 Å². The lowest BCUT2D eigenvalue weighted by molar-refractivity contribution is -0.119. The molecule has 0 aromatic carbocycles. The molecule has 0 aliphatic heterocycles. The van der Waals surface area contributed by atoms with Crippen LogP contribution in [0.4, 0.5) is 9.59 Å². The van der Waals surface area contributed by atoms with Gasteiger partial charge in [-0.1, -0.05) is 6.08 Å². The van der Waals surface area contributed by atoms with Gasteiger partial charge in [-0.15, -0.1) is 6.58 Å². The molecule has 0 aromatic rings. The molecule has 0 spiro atoms. The number of ether oxygens (including phenoxy) is 2. The van der Waals surface area contributed by atoms with E-state index < -0.39 is 23.4 Å². The van der Waals surface area contributed by atoms with Crippen molar-refractivity contribution in [2.45, 2.75) is 84.5 Å². The normalized spacial score (nSPS) is 19.8. The zero-order chi connectivity index (χ0) is 19.4. The number of hydrogen-bond acceptors (Lipinski definition) is 5. The van der Waals surface area contributed by atoms with Gasteiger partial charge >= 0.3 is 12.2 Å². The number of ketones is 1. The number of nitrogens with zero attached hydrogens (tertiary/aromatic N) is 1. The van der Waals surface area contributed by atoms with Crippen molar-refractivity contribution in [1.29, 1.82) is 0 Å². The summed E-state index contributed by atoms with van der Waals surface area (Å²) in [6.45, 7) is 14.0. The minimum atomic E-state index is -0.729. The molecule has 0 N–H and O–H groups in total. The number of imide groups is 1. The Morgan fingerprint density at radius 3 is 1.92 bits per heavy atom. The Kier molecular flexibility index (Phi) is 6.80. The van der Waals surface area contributed by atoms with Crippen molar-refractivity contribution in [1.82, 2.24) is 4.90 Å². The summed E-state index contributed by atoms with van der Waals surface area (Å²) in [7, 11) is 0. The number of allylic oxidation sites excluding steroid dienone is 1. The molecule has 2 amide bonds. The summed E-state index contributed by atoms with van der Waals surface area (Å²) in [5, 5.41) is 0. The molecule has 0 heterocycles. The molecule has 25 heavy (non-hydrogen) atoms. The van der Waals surface area contributed by atoms with Gasteiger partial charge in [0, 0.05) is 12.8 Å². The first kappa shape index (κ1) is 21.2. The summed E-state index contributed by atoms with van der Waals surface area (Å²) in [5.74, 6) is 0.0816. The molecule has 0 radical (unpaired) electrons. The quantitative estimate of drug-likeness (QED) is 0.659. The average molecular weight is 353 g/mol. The third-order valence-corrected chi connectivity index (χ3v) is 3.51. The molecular weight excluding hydrogens is 322 g/mol. The third-order valence-electron chi connectivity index (χ3n) is 3.51. The van der Waals surface area contributed by atoms with E-state index in [0.29, 0.717) is 25.7 Å². The van der Waals surface area contributed by atoms with Gasteiger partial charge < -0.3 is 9.47 Å². The van der Waals surface area contributed by atoms with Gasteiger partial charge in [0.2, 0.25) is 0 Å². The molecule has 0 bridgehead atoms. The highest BCUT2D eigenvalue weighted by molar-refractivity contribution is 5.89. The predicted molar refractivity (Wildman–Crippen MR) is 95.3 cm³/mol. The molecular formula is C19H31NO5. The van der Waals surface area contributed by atoms with E-state index in [4.69, 9.17) is 9.47 Å². The number of amides is 2. The molecule has 1 fully saturated rings. The second-order valence-electron chi connectivity index (χ2n) is 8.46. The molecule has 1 aliphatic rings. The fourth-order valence-electron chi connectivity index (χ4n) is 2.39. The summed E-state index contributed by atoms with van der Waals surface area (Å²) in [6.07, 6.45) is 2.26. The molecule has 1 rings (SSSR count). The van der Waals surface area contributed by atoms with E-state index in [1.165, 1.54) is 0 Å². The molecule has 1 aliphatic carbocycles. The van der Waals surface area contributed by atoms with E-state index in [-0.39, 0.29) is 17.7 Å². The maximum atomic E-state index is 12.5. The summed E-state index contributed by atoms with van der Waals surface area (Å²) in [6, 6.07) is -0.350. The fraction of sp³-hybridized carbons (Fsp3) is 0.737. The van der Waals surface area contributed by atoms with Crippen molar-refractivity contribution in [3.8, 4) is 0 Å². The second kappa shape index (κ2) is 8.02. The van der Waals surface area contributed by atoms with Crippen LogP contribution in [0.5, 0.6) is 0 Å². The lowest BCUT2D eigenvalue weighted by Crippen LogP contribution is -2.45. The predicted octanol–water partition coefficient (Wildman–Crippen LogP) is 4.47.